The van der Waals surface area contributed by atoms with E-state index in [1.165, 1.54) is 47.4 Å². The Kier molecular flexibility index (Phi) is 6.54. The second-order valence-electron chi connectivity index (χ2n) is 6.77. The van der Waals surface area contributed by atoms with E-state index in [1.54, 1.807) is 32.0 Å². The monoisotopic (exact) mass is 435 g/mol. The first-order valence-electron chi connectivity index (χ1n) is 8.80. The maximum atomic E-state index is 14.4. The van der Waals surface area contributed by atoms with E-state index >= 15 is 0 Å². The predicted octanol–water partition coefficient (Wildman–Crippen LogP) is 5.67. The molecule has 0 spiro atoms. The Labute approximate surface area is 175 Å². The van der Waals surface area contributed by atoms with Crippen molar-refractivity contribution in [2.45, 2.75) is 29.4 Å². The number of benzene rings is 2. The van der Waals surface area contributed by atoms with Crippen molar-refractivity contribution in [3.63, 3.8) is 0 Å². The summed E-state index contributed by atoms with van der Waals surface area (Å²) in [5.74, 6) is -1.43. The van der Waals surface area contributed by atoms with Gasteiger partial charge in [-0.05, 0) is 43.7 Å². The van der Waals surface area contributed by atoms with E-state index in [4.69, 9.17) is 4.74 Å². The molecule has 1 heterocycles. The van der Waals surface area contributed by atoms with Crippen LogP contribution in [-0.2, 0) is 11.2 Å². The van der Waals surface area contributed by atoms with E-state index in [9.17, 15) is 18.7 Å². The molecule has 0 aliphatic heterocycles. The van der Waals surface area contributed by atoms with E-state index in [1.807, 2.05) is 5.38 Å². The van der Waals surface area contributed by atoms with Crippen molar-refractivity contribution in [2.75, 3.05) is 6.61 Å². The largest absolute Gasteiger partial charge is 0.493 e. The molecule has 0 bridgehead atoms. The summed E-state index contributed by atoms with van der Waals surface area (Å²) in [5, 5.41) is 11.1. The zero-order valence-electron chi connectivity index (χ0n) is 15.8. The van der Waals surface area contributed by atoms with Crippen LogP contribution in [0.5, 0.6) is 5.75 Å². The molecule has 4 nitrogen and oxygen atoms in total. The summed E-state index contributed by atoms with van der Waals surface area (Å²) in [6, 6.07) is 10.2. The maximum absolute atomic E-state index is 14.4. The number of hydrogen-bond acceptors (Lipinski definition) is 5. The van der Waals surface area contributed by atoms with Crippen LogP contribution in [0.2, 0.25) is 0 Å². The smallest absolute Gasteiger partial charge is 0.319 e. The van der Waals surface area contributed by atoms with Gasteiger partial charge in [0.25, 0.3) is 0 Å². The maximum Gasteiger partial charge on any atom is 0.319 e. The van der Waals surface area contributed by atoms with Crippen molar-refractivity contribution >= 4 is 29.1 Å². The number of rotatable bonds is 8. The second kappa shape index (κ2) is 8.92. The lowest BCUT2D eigenvalue weighted by molar-refractivity contribution is -0.138. The van der Waals surface area contributed by atoms with Gasteiger partial charge in [-0.25, -0.2) is 13.8 Å². The molecule has 0 fully saturated rings. The zero-order chi connectivity index (χ0) is 21.0. The Bertz CT molecular complexity index is 1020. The predicted molar refractivity (Wildman–Crippen MR) is 111 cm³/mol. The Morgan fingerprint density at radius 1 is 1.24 bits per heavy atom. The minimum absolute atomic E-state index is 0.301. The van der Waals surface area contributed by atoms with E-state index in [-0.39, 0.29) is 0 Å². The fourth-order valence-electron chi connectivity index (χ4n) is 2.46. The highest BCUT2D eigenvalue weighted by molar-refractivity contribution is 8.02. The molecule has 0 radical (unpaired) electrons. The molecule has 0 unspecified atom stereocenters. The molecule has 3 rings (SSSR count). The van der Waals surface area contributed by atoms with Crippen molar-refractivity contribution in [2.24, 2.45) is 0 Å². The Balaban J connectivity index is 1.57. The normalized spacial score (nSPS) is 11.4. The molecule has 8 heteroatoms. The molecule has 3 aromatic rings. The molecule has 2 aromatic carbocycles. The van der Waals surface area contributed by atoms with E-state index < -0.39 is 22.4 Å². The van der Waals surface area contributed by atoms with Crippen molar-refractivity contribution in [3.05, 3.63) is 65.2 Å². The minimum Gasteiger partial charge on any atom is -0.493 e. The average Bonchev–Trinajstić information content (AvgIpc) is 3.08. The van der Waals surface area contributed by atoms with Gasteiger partial charge in [-0.2, -0.15) is 0 Å². The standard InChI is InChI=1S/C21H19F2NO3S2/c1-21(2,19(25)26)29-20-24-15(12-28-20)8-9-27-16-6-7-17(18(23)11-16)13-4-3-5-14(22)10-13/h3-7,10-12H,8-9H2,1-2H3,(H,25,26). The summed E-state index contributed by atoms with van der Waals surface area (Å²) in [5.41, 5.74) is 1.56. The van der Waals surface area contributed by atoms with Crippen LogP contribution in [0.1, 0.15) is 19.5 Å². The average molecular weight is 436 g/mol. The molecule has 1 N–H and O–H groups in total. The highest BCUT2D eigenvalue weighted by atomic mass is 32.2. The quantitative estimate of drug-likeness (QED) is 0.462. The highest BCUT2D eigenvalue weighted by Gasteiger charge is 2.29. The van der Waals surface area contributed by atoms with Gasteiger partial charge in [0.2, 0.25) is 0 Å². The van der Waals surface area contributed by atoms with Crippen LogP contribution >= 0.6 is 23.1 Å². The number of carbonyl (C=O) groups is 1. The summed E-state index contributed by atoms with van der Waals surface area (Å²) >= 11 is 2.58. The molecule has 0 atom stereocenters. The van der Waals surface area contributed by atoms with Crippen LogP contribution in [0.4, 0.5) is 8.78 Å². The van der Waals surface area contributed by atoms with Crippen molar-refractivity contribution < 1.29 is 23.4 Å². The van der Waals surface area contributed by atoms with Gasteiger partial charge in [-0.15, -0.1) is 11.3 Å². The van der Waals surface area contributed by atoms with Gasteiger partial charge in [0.05, 0.1) is 12.3 Å². The fraction of sp³-hybridized carbons (Fsp3) is 0.238. The van der Waals surface area contributed by atoms with Gasteiger partial charge in [0, 0.05) is 23.4 Å². The van der Waals surface area contributed by atoms with Gasteiger partial charge in [0.1, 0.15) is 22.1 Å². The third-order valence-electron chi connectivity index (χ3n) is 4.09. The Morgan fingerprint density at radius 2 is 2.03 bits per heavy atom. The molecule has 152 valence electrons. The molecular formula is C21H19F2NO3S2. The van der Waals surface area contributed by atoms with Gasteiger partial charge < -0.3 is 9.84 Å². The minimum atomic E-state index is -0.952. The molecule has 1 aromatic heterocycles. The number of carboxylic acids is 1. The van der Waals surface area contributed by atoms with Crippen LogP contribution < -0.4 is 4.74 Å². The molecule has 0 aliphatic carbocycles. The number of thioether (sulfide) groups is 1. The SMILES string of the molecule is CC(C)(Sc1nc(CCOc2ccc(-c3cccc(F)c3)c(F)c2)cs1)C(=O)O. The van der Waals surface area contributed by atoms with Crippen LogP contribution in [0.3, 0.4) is 0 Å². The van der Waals surface area contributed by atoms with Crippen molar-refractivity contribution in [1.29, 1.82) is 0 Å². The third-order valence-corrected chi connectivity index (χ3v) is 6.26. The summed E-state index contributed by atoms with van der Waals surface area (Å²) in [6.45, 7) is 3.56. The van der Waals surface area contributed by atoms with E-state index in [0.29, 0.717) is 34.2 Å². The molecule has 0 aliphatic rings. The fourth-order valence-corrected chi connectivity index (χ4v) is 4.69. The summed E-state index contributed by atoms with van der Waals surface area (Å²) < 4.78 is 33.1. The van der Waals surface area contributed by atoms with Crippen LogP contribution in [-0.4, -0.2) is 27.4 Å². The number of hydrogen-bond donors (Lipinski definition) is 1. The first-order valence-corrected chi connectivity index (χ1v) is 10.5. The van der Waals surface area contributed by atoms with Crippen molar-refractivity contribution in [1.82, 2.24) is 4.98 Å². The Hall–Kier alpha value is -2.45. The first kappa shape index (κ1) is 21.3. The lowest BCUT2D eigenvalue weighted by Gasteiger charge is -2.15. The number of halogens is 2. The van der Waals surface area contributed by atoms with Crippen LogP contribution in [0, 0.1) is 11.6 Å². The number of nitrogens with zero attached hydrogens (tertiary/aromatic N) is 1. The van der Waals surface area contributed by atoms with Crippen LogP contribution in [0.25, 0.3) is 11.1 Å². The zero-order valence-corrected chi connectivity index (χ0v) is 17.4. The summed E-state index contributed by atoms with van der Waals surface area (Å²) in [4.78, 5) is 15.6. The summed E-state index contributed by atoms with van der Waals surface area (Å²) in [7, 11) is 0. The number of aromatic nitrogens is 1. The number of thiazole rings is 1. The summed E-state index contributed by atoms with van der Waals surface area (Å²) in [6.07, 6.45) is 0.512. The Morgan fingerprint density at radius 3 is 2.72 bits per heavy atom. The molecular weight excluding hydrogens is 416 g/mol. The van der Waals surface area contributed by atoms with E-state index in [0.717, 1.165) is 5.69 Å². The number of carboxylic acid groups (broad SMARTS) is 1. The molecule has 0 amide bonds. The lowest BCUT2D eigenvalue weighted by Crippen LogP contribution is -2.26. The number of aliphatic carboxylic acids is 1. The third kappa shape index (κ3) is 5.55. The second-order valence-corrected chi connectivity index (χ2v) is 9.50. The topological polar surface area (TPSA) is 59.4 Å². The van der Waals surface area contributed by atoms with Crippen molar-refractivity contribution in [3.8, 4) is 16.9 Å². The van der Waals surface area contributed by atoms with Gasteiger partial charge >= 0.3 is 5.97 Å². The molecule has 0 saturated carbocycles. The highest BCUT2D eigenvalue weighted by Crippen LogP contribution is 2.34. The van der Waals surface area contributed by atoms with E-state index in [2.05, 4.69) is 4.98 Å². The first-order chi connectivity index (χ1) is 13.7. The molecule has 0 saturated heterocycles. The van der Waals surface area contributed by atoms with Crippen LogP contribution in [0.15, 0.2) is 52.2 Å². The van der Waals surface area contributed by atoms with Gasteiger partial charge in [-0.1, -0.05) is 23.9 Å². The molecule has 29 heavy (non-hydrogen) atoms. The lowest BCUT2D eigenvalue weighted by atomic mass is 10.0. The number of ether oxygens (including phenoxy) is 1. The van der Waals surface area contributed by atoms with Gasteiger partial charge in [0.15, 0.2) is 4.34 Å². The van der Waals surface area contributed by atoms with Gasteiger partial charge in [-0.3, -0.25) is 4.79 Å².